The summed E-state index contributed by atoms with van der Waals surface area (Å²) in [5.74, 6) is -2.14. The Morgan fingerprint density at radius 1 is 0.319 bits per heavy atom. The molecule has 0 aliphatic rings. The Morgan fingerprint density at radius 2 is 0.889 bits per heavy atom. The number of rotatable bonds is 0. The number of aryl methyl sites for hydroxylation is 7. The minimum Gasteiger partial charge on any atom is -0.207 e. The van der Waals surface area contributed by atoms with Crippen LogP contribution in [0.5, 0.6) is 0 Å². The summed E-state index contributed by atoms with van der Waals surface area (Å²) in [4.78, 5) is 0. The summed E-state index contributed by atoms with van der Waals surface area (Å²) in [5, 5.41) is 3.01. The van der Waals surface area contributed by atoms with Gasteiger partial charge in [-0.15, -0.1) is 0 Å². The van der Waals surface area contributed by atoms with E-state index in [9.17, 15) is 35.1 Å². The Hall–Kier alpha value is -4.29. The molecule has 0 N–H and O–H groups in total. The van der Waals surface area contributed by atoms with Gasteiger partial charge in [-0.2, -0.15) is 0 Å². The highest BCUT2D eigenvalue weighted by Crippen LogP contribution is 2.21. The van der Waals surface area contributed by atoms with Crippen molar-refractivity contribution in [2.24, 2.45) is 0 Å². The smallest absolute Gasteiger partial charge is 0.142 e. The van der Waals surface area contributed by atoms with Gasteiger partial charge in [0, 0.05) is 30.7 Å². The van der Waals surface area contributed by atoms with Crippen molar-refractivity contribution in [3.63, 3.8) is 0 Å². The van der Waals surface area contributed by atoms with E-state index in [4.69, 9.17) is 81.2 Å². The fraction of sp³-hybridized carbons (Fsp3) is 0.143. The van der Waals surface area contributed by atoms with Gasteiger partial charge in [0.15, 0.2) is 0 Å². The van der Waals surface area contributed by atoms with Crippen LogP contribution in [0.1, 0.15) is 44.5 Å². The molecule has 0 heterocycles. The van der Waals surface area contributed by atoms with E-state index >= 15 is 0 Å². The Balaban J connectivity index is 0.000000411. The van der Waals surface area contributed by atoms with Crippen molar-refractivity contribution in [3.05, 3.63) is 276 Å². The van der Waals surface area contributed by atoms with Gasteiger partial charge in [-0.3, -0.25) is 0 Å². The molecule has 0 saturated heterocycles. The zero-order valence-corrected chi connectivity index (χ0v) is 46.8. The first-order valence-corrected chi connectivity index (χ1v) is 24.4. The second-order valence-electron chi connectivity index (χ2n) is 15.1. The highest BCUT2D eigenvalue weighted by molar-refractivity contribution is 9.10. The average Bonchev–Trinajstić information content (AvgIpc) is 3.30. The summed E-state index contributed by atoms with van der Waals surface area (Å²) in [6.07, 6.45) is 0. The van der Waals surface area contributed by atoms with Crippen LogP contribution in [0, 0.1) is 102 Å². The molecule has 72 heavy (non-hydrogen) atoms. The molecule has 0 aliphatic heterocycles. The van der Waals surface area contributed by atoms with Crippen LogP contribution in [-0.4, -0.2) is 0 Å². The summed E-state index contributed by atoms with van der Waals surface area (Å²) < 4.78 is 99.9. The fourth-order valence-electron chi connectivity index (χ4n) is 4.88. The van der Waals surface area contributed by atoms with Crippen LogP contribution >= 0.6 is 97.1 Å². The first-order chi connectivity index (χ1) is 33.6. The third kappa shape index (κ3) is 26.6. The zero-order chi connectivity index (χ0) is 54.8. The summed E-state index contributed by atoms with van der Waals surface area (Å²) in [7, 11) is 0. The van der Waals surface area contributed by atoms with Gasteiger partial charge in [-0.1, -0.05) is 124 Å². The van der Waals surface area contributed by atoms with Gasteiger partial charge in [-0.25, -0.2) is 35.1 Å². The lowest BCUT2D eigenvalue weighted by atomic mass is 10.2. The molecule has 8 aromatic carbocycles. The van der Waals surface area contributed by atoms with Gasteiger partial charge < -0.3 is 0 Å². The van der Waals surface area contributed by atoms with Gasteiger partial charge in [-0.05, 0) is 213 Å². The lowest BCUT2D eigenvalue weighted by Crippen LogP contribution is -1.80. The second-order valence-corrected chi connectivity index (χ2v) is 18.9. The largest absolute Gasteiger partial charge is 0.207 e. The van der Waals surface area contributed by atoms with E-state index in [-0.39, 0.29) is 56.6 Å². The zero-order valence-electron chi connectivity index (χ0n) is 39.9. The molecule has 0 nitrogen and oxygen atoms in total. The molecule has 384 valence electrons. The standard InChI is InChI=1S/C7H6BrF.7C7H6ClF/c1-5-3-2-4-6(8)7(5)9;1-5-2-6(8)4-7(9)3-5;1-5-4-6(9)2-3-7(5)8;1-5-4-6(8)2-3-7(5)9;1-5-2-3-6(9)4-7(5)8;1-5-2-3-7(9)6(8)4-5;1-5-6(8)3-2-4-7(5)9;1-5-3-2-4-6(9)7(5)8/h8*2-4H,1H3. The van der Waals surface area contributed by atoms with Crippen molar-refractivity contribution in [2.75, 3.05) is 0 Å². The van der Waals surface area contributed by atoms with Gasteiger partial charge in [0.25, 0.3) is 0 Å². The number of benzene rings is 8. The van der Waals surface area contributed by atoms with Crippen LogP contribution in [0.15, 0.2) is 150 Å². The van der Waals surface area contributed by atoms with Crippen LogP contribution in [0.25, 0.3) is 0 Å². The van der Waals surface area contributed by atoms with Crippen LogP contribution in [0.3, 0.4) is 0 Å². The van der Waals surface area contributed by atoms with E-state index in [1.165, 1.54) is 66.7 Å². The van der Waals surface area contributed by atoms with E-state index in [2.05, 4.69) is 15.9 Å². The molecule has 8 aromatic rings. The second kappa shape index (κ2) is 34.2. The third-order valence-corrected chi connectivity index (χ3v) is 12.0. The molecule has 8 rings (SSSR count). The van der Waals surface area contributed by atoms with Gasteiger partial charge in [0.1, 0.15) is 46.5 Å². The number of hydrogen-bond donors (Lipinski definition) is 0. The molecule has 0 bridgehead atoms. The van der Waals surface area contributed by atoms with Crippen LogP contribution < -0.4 is 0 Å². The van der Waals surface area contributed by atoms with E-state index in [0.29, 0.717) is 46.3 Å². The van der Waals surface area contributed by atoms with E-state index < -0.39 is 0 Å². The minimum absolute atomic E-state index is 0.169. The Kier molecular flexibility index (Phi) is 31.3. The molecule has 0 unspecified atom stereocenters. The maximum absolute atomic E-state index is 12.7. The van der Waals surface area contributed by atoms with Crippen LogP contribution in [-0.2, 0) is 0 Å². The average molecular weight is 1200 g/mol. The predicted molar refractivity (Wildman–Crippen MR) is 292 cm³/mol. The number of hydrogen-bond acceptors (Lipinski definition) is 0. The van der Waals surface area contributed by atoms with E-state index in [0.717, 1.165) is 27.8 Å². The molecule has 0 saturated carbocycles. The van der Waals surface area contributed by atoms with Crippen LogP contribution in [0.4, 0.5) is 35.1 Å². The summed E-state index contributed by atoms with van der Waals surface area (Å²) in [6.45, 7) is 14.1. The topological polar surface area (TPSA) is 0 Å². The molecule has 0 spiro atoms. The molecule has 0 aromatic heterocycles. The summed E-state index contributed by atoms with van der Waals surface area (Å²) in [6, 6.07) is 36.8. The molecule has 0 atom stereocenters. The number of halogens is 16. The van der Waals surface area contributed by atoms with Gasteiger partial charge >= 0.3 is 0 Å². The quantitative estimate of drug-likeness (QED) is 0.133. The lowest BCUT2D eigenvalue weighted by molar-refractivity contribution is 0.612. The highest BCUT2D eigenvalue weighted by atomic mass is 79.9. The van der Waals surface area contributed by atoms with Crippen molar-refractivity contribution < 1.29 is 35.1 Å². The first-order valence-electron chi connectivity index (χ1n) is 20.9. The first kappa shape index (κ1) is 65.7. The monoisotopic (exact) mass is 1200 g/mol. The Morgan fingerprint density at radius 3 is 1.33 bits per heavy atom. The molecule has 16 heteroatoms. The lowest BCUT2D eigenvalue weighted by Gasteiger charge is -1.95. The van der Waals surface area contributed by atoms with E-state index in [1.807, 2.05) is 19.9 Å². The predicted octanol–water partition coefficient (Wildman–Crippen LogP) is 22.4. The van der Waals surface area contributed by atoms with Gasteiger partial charge in [0.2, 0.25) is 0 Å². The summed E-state index contributed by atoms with van der Waals surface area (Å²) in [5.41, 5.74) is 6.04. The Labute approximate surface area is 460 Å². The maximum Gasteiger partial charge on any atom is 0.142 e. The maximum atomic E-state index is 12.7. The van der Waals surface area contributed by atoms with Crippen LogP contribution in [0.2, 0.25) is 35.2 Å². The van der Waals surface area contributed by atoms with E-state index in [1.54, 1.807) is 114 Å². The van der Waals surface area contributed by atoms with Crippen molar-refractivity contribution in [3.8, 4) is 0 Å². The molecule has 0 fully saturated rings. The molecule has 0 aliphatic carbocycles. The van der Waals surface area contributed by atoms with Crippen molar-refractivity contribution in [1.82, 2.24) is 0 Å². The summed E-state index contributed by atoms with van der Waals surface area (Å²) >= 11 is 41.8. The van der Waals surface area contributed by atoms with Crippen molar-refractivity contribution >= 4 is 97.1 Å². The molecule has 0 radical (unpaired) electrons. The molecular formula is C56H48BrCl7F8. The Bertz CT molecular complexity index is 2530. The third-order valence-electron chi connectivity index (χ3n) is 8.95. The molecular weight excluding hydrogens is 1150 g/mol. The molecule has 0 amide bonds. The van der Waals surface area contributed by atoms with Gasteiger partial charge in [0.05, 0.1) is 14.5 Å². The van der Waals surface area contributed by atoms with Crippen molar-refractivity contribution in [1.29, 1.82) is 0 Å². The minimum atomic E-state index is -0.359. The highest BCUT2D eigenvalue weighted by Gasteiger charge is 2.01. The SMILES string of the molecule is Cc1c(F)cccc1Cl.Cc1cc(Cl)ccc1F.Cc1cc(F)cc(Cl)c1.Cc1cc(F)ccc1Cl.Cc1ccc(F)c(Cl)c1.Cc1ccc(F)cc1Cl.Cc1cccc(Br)c1F.Cc1cccc(F)c1Cl. The fourth-order valence-corrected chi connectivity index (χ4v) is 6.66. The van der Waals surface area contributed by atoms with Crippen molar-refractivity contribution in [2.45, 2.75) is 55.4 Å². The normalized spacial score (nSPS) is 9.67.